The van der Waals surface area contributed by atoms with E-state index in [0.29, 0.717) is 11.3 Å². The maximum Gasteiger partial charge on any atom is 0.323 e. The van der Waals surface area contributed by atoms with Gasteiger partial charge >= 0.3 is 5.69 Å². The van der Waals surface area contributed by atoms with Crippen LogP contribution in [0.4, 0.5) is 0 Å². The van der Waals surface area contributed by atoms with Crippen molar-refractivity contribution >= 4 is 22.1 Å². The molecule has 0 saturated carbocycles. The van der Waals surface area contributed by atoms with Crippen LogP contribution in [0.25, 0.3) is 22.1 Å². The zero-order valence-corrected chi connectivity index (χ0v) is 8.16. The number of hydrogen-bond donors (Lipinski definition) is 3. The van der Waals surface area contributed by atoms with Crippen LogP contribution in [0.3, 0.4) is 0 Å². The highest BCUT2D eigenvalue weighted by atomic mass is 16.1. The standard InChI is InChI=1S/C10H7N5O/c11-2-1-9-12-5-3-7-8(4-6(5)13-9)15-10(16)14-7/h3-4H,1H2,(H,12,13)(H2,14,15,16). The van der Waals surface area contributed by atoms with E-state index >= 15 is 0 Å². The lowest BCUT2D eigenvalue weighted by molar-refractivity contribution is 1.08. The Morgan fingerprint density at radius 2 is 1.94 bits per heavy atom. The number of H-pyrrole nitrogens is 3. The molecule has 16 heavy (non-hydrogen) atoms. The number of nitriles is 1. The second-order valence-corrected chi connectivity index (χ2v) is 3.51. The van der Waals surface area contributed by atoms with Crippen LogP contribution in [0.15, 0.2) is 16.9 Å². The maximum absolute atomic E-state index is 11.1. The predicted octanol–water partition coefficient (Wildman–Crippen LogP) is 0.799. The average Bonchev–Trinajstić information content (AvgIpc) is 2.75. The second kappa shape index (κ2) is 2.97. The van der Waals surface area contributed by atoms with Gasteiger partial charge in [0.1, 0.15) is 5.82 Å². The molecule has 6 heteroatoms. The molecule has 2 heterocycles. The summed E-state index contributed by atoms with van der Waals surface area (Å²) in [4.78, 5) is 23.7. The third-order valence-corrected chi connectivity index (χ3v) is 2.41. The summed E-state index contributed by atoms with van der Waals surface area (Å²) in [6.07, 6.45) is 0.249. The second-order valence-electron chi connectivity index (χ2n) is 3.51. The number of fused-ring (bicyclic) bond motifs is 2. The SMILES string of the molecule is N#CCc1nc2cc3[nH]c(=O)[nH]c3cc2[nH]1. The summed E-state index contributed by atoms with van der Waals surface area (Å²) in [5.74, 6) is 0.632. The molecule has 0 unspecified atom stereocenters. The molecular weight excluding hydrogens is 206 g/mol. The quantitative estimate of drug-likeness (QED) is 0.557. The number of nitrogens with zero attached hydrogens (tertiary/aromatic N) is 2. The van der Waals surface area contributed by atoms with E-state index in [1.165, 1.54) is 0 Å². The van der Waals surface area contributed by atoms with Gasteiger partial charge in [0.05, 0.1) is 34.6 Å². The van der Waals surface area contributed by atoms with Crippen molar-refractivity contribution < 1.29 is 0 Å². The molecule has 0 aliphatic heterocycles. The van der Waals surface area contributed by atoms with Crippen molar-refractivity contribution in [3.63, 3.8) is 0 Å². The minimum atomic E-state index is -0.236. The molecule has 0 amide bonds. The Balaban J connectivity index is 2.32. The molecule has 0 radical (unpaired) electrons. The summed E-state index contributed by atoms with van der Waals surface area (Å²) in [7, 11) is 0. The highest BCUT2D eigenvalue weighted by Crippen LogP contribution is 2.17. The third kappa shape index (κ3) is 1.19. The molecule has 3 N–H and O–H groups in total. The van der Waals surface area contributed by atoms with Gasteiger partial charge in [-0.2, -0.15) is 5.26 Å². The number of benzene rings is 1. The first-order valence-electron chi connectivity index (χ1n) is 4.74. The highest BCUT2D eigenvalue weighted by molar-refractivity contribution is 5.91. The molecule has 3 rings (SSSR count). The van der Waals surface area contributed by atoms with Crippen LogP contribution in [0, 0.1) is 11.3 Å². The Labute approximate surface area is 88.9 Å². The lowest BCUT2D eigenvalue weighted by atomic mass is 10.3. The Hall–Kier alpha value is -2.55. The lowest BCUT2D eigenvalue weighted by Gasteiger charge is -1.88. The Morgan fingerprint density at radius 1 is 1.19 bits per heavy atom. The van der Waals surface area contributed by atoms with Crippen LogP contribution >= 0.6 is 0 Å². The molecule has 1 aromatic carbocycles. The van der Waals surface area contributed by atoms with Gasteiger partial charge in [0.25, 0.3) is 0 Å². The summed E-state index contributed by atoms with van der Waals surface area (Å²) in [6.45, 7) is 0. The first-order valence-corrected chi connectivity index (χ1v) is 4.74. The summed E-state index contributed by atoms with van der Waals surface area (Å²) in [5, 5.41) is 8.57. The molecule has 3 aromatic rings. The minimum Gasteiger partial charge on any atom is -0.341 e. The van der Waals surface area contributed by atoms with Crippen LogP contribution in [-0.4, -0.2) is 19.9 Å². The first-order chi connectivity index (χ1) is 7.76. The van der Waals surface area contributed by atoms with Gasteiger partial charge in [0, 0.05) is 0 Å². The average molecular weight is 213 g/mol. The fourth-order valence-corrected chi connectivity index (χ4v) is 1.75. The third-order valence-electron chi connectivity index (χ3n) is 2.41. The first kappa shape index (κ1) is 8.73. The number of aromatic nitrogens is 4. The molecule has 2 aromatic heterocycles. The van der Waals surface area contributed by atoms with Gasteiger partial charge in [-0.15, -0.1) is 0 Å². The van der Waals surface area contributed by atoms with Crippen molar-refractivity contribution in [2.24, 2.45) is 0 Å². The lowest BCUT2D eigenvalue weighted by Crippen LogP contribution is -1.99. The van der Waals surface area contributed by atoms with Gasteiger partial charge in [0.15, 0.2) is 0 Å². The van der Waals surface area contributed by atoms with E-state index in [9.17, 15) is 4.79 Å². The van der Waals surface area contributed by atoms with Crippen molar-refractivity contribution in [2.45, 2.75) is 6.42 Å². The fraction of sp³-hybridized carbons (Fsp3) is 0.100. The largest absolute Gasteiger partial charge is 0.341 e. The summed E-state index contributed by atoms with van der Waals surface area (Å²) < 4.78 is 0. The van der Waals surface area contributed by atoms with Crippen LogP contribution in [0.1, 0.15) is 5.82 Å². The molecule has 0 fully saturated rings. The van der Waals surface area contributed by atoms with E-state index in [0.717, 1.165) is 16.6 Å². The normalized spacial score (nSPS) is 10.9. The molecule has 78 valence electrons. The Kier molecular flexibility index (Phi) is 1.62. The molecule has 6 nitrogen and oxygen atoms in total. The zero-order chi connectivity index (χ0) is 11.1. The molecule has 0 aliphatic rings. The molecule has 0 atom stereocenters. The molecular formula is C10H7N5O. The number of rotatable bonds is 1. The van der Waals surface area contributed by atoms with Crippen molar-refractivity contribution in [3.05, 3.63) is 28.4 Å². The fourth-order valence-electron chi connectivity index (χ4n) is 1.75. The summed E-state index contributed by atoms with van der Waals surface area (Å²) >= 11 is 0. The van der Waals surface area contributed by atoms with Gasteiger partial charge in [0.2, 0.25) is 0 Å². The van der Waals surface area contributed by atoms with Gasteiger partial charge in [-0.1, -0.05) is 0 Å². The number of imidazole rings is 2. The van der Waals surface area contributed by atoms with Crippen LogP contribution in [-0.2, 0) is 6.42 Å². The van der Waals surface area contributed by atoms with Gasteiger partial charge in [-0.25, -0.2) is 9.78 Å². The van der Waals surface area contributed by atoms with Crippen molar-refractivity contribution in [1.29, 1.82) is 5.26 Å². The molecule has 0 bridgehead atoms. The zero-order valence-electron chi connectivity index (χ0n) is 8.16. The monoisotopic (exact) mass is 213 g/mol. The van der Waals surface area contributed by atoms with Crippen LogP contribution < -0.4 is 5.69 Å². The Morgan fingerprint density at radius 3 is 2.69 bits per heavy atom. The summed E-state index contributed by atoms with van der Waals surface area (Å²) in [6, 6.07) is 5.61. The van der Waals surface area contributed by atoms with Crippen molar-refractivity contribution in [3.8, 4) is 6.07 Å². The van der Waals surface area contributed by atoms with E-state index in [-0.39, 0.29) is 12.1 Å². The molecule has 0 spiro atoms. The maximum atomic E-state index is 11.1. The van der Waals surface area contributed by atoms with Crippen LogP contribution in [0.2, 0.25) is 0 Å². The number of aromatic amines is 3. The molecule has 0 aliphatic carbocycles. The predicted molar refractivity (Wildman–Crippen MR) is 57.9 cm³/mol. The van der Waals surface area contributed by atoms with E-state index < -0.39 is 0 Å². The topological polar surface area (TPSA) is 101 Å². The van der Waals surface area contributed by atoms with Gasteiger partial charge < -0.3 is 15.0 Å². The number of hydrogen-bond acceptors (Lipinski definition) is 3. The van der Waals surface area contributed by atoms with Crippen molar-refractivity contribution in [2.75, 3.05) is 0 Å². The highest BCUT2D eigenvalue weighted by Gasteiger charge is 2.05. The smallest absolute Gasteiger partial charge is 0.323 e. The van der Waals surface area contributed by atoms with E-state index in [1.807, 2.05) is 6.07 Å². The Bertz CT molecular complexity index is 716. The number of nitrogens with one attached hydrogen (secondary N) is 3. The van der Waals surface area contributed by atoms with Crippen molar-refractivity contribution in [1.82, 2.24) is 19.9 Å². The van der Waals surface area contributed by atoms with Gasteiger partial charge in [-0.05, 0) is 12.1 Å². The minimum absolute atomic E-state index is 0.236. The van der Waals surface area contributed by atoms with Gasteiger partial charge in [-0.3, -0.25) is 0 Å². The molecule has 0 saturated heterocycles. The van der Waals surface area contributed by atoms with Crippen LogP contribution in [0.5, 0.6) is 0 Å². The summed E-state index contributed by atoms with van der Waals surface area (Å²) in [5.41, 5.74) is 2.76. The van der Waals surface area contributed by atoms with E-state index in [4.69, 9.17) is 5.26 Å². The van der Waals surface area contributed by atoms with E-state index in [2.05, 4.69) is 19.9 Å². The van der Waals surface area contributed by atoms with E-state index in [1.54, 1.807) is 12.1 Å².